The Morgan fingerprint density at radius 1 is 1.38 bits per heavy atom. The van der Waals surface area contributed by atoms with Gasteiger partial charge in [-0.15, -0.1) is 0 Å². The minimum Gasteiger partial charge on any atom is -0.469 e. The lowest BCUT2D eigenvalue weighted by Crippen LogP contribution is -2.46. The molecule has 3 rings (SSSR count). The molecule has 1 aromatic rings. The van der Waals surface area contributed by atoms with Crippen LogP contribution in [0.1, 0.15) is 43.0 Å². The van der Waals surface area contributed by atoms with Crippen LogP contribution in [0.25, 0.3) is 0 Å². The van der Waals surface area contributed by atoms with Crippen LogP contribution in [0.15, 0.2) is 16.7 Å². The van der Waals surface area contributed by atoms with Gasteiger partial charge >= 0.3 is 0 Å². The standard InChI is InChI=1S/C14H20N2O4S/c1-21(18,19)16-8-3-5-12(16)14(17)15-11-4-2-6-13-10(11)7-9-20-13/h7,9,11-12H,2-6,8H2,1H3,(H,15,17). The molecular formula is C14H20N2O4S. The van der Waals surface area contributed by atoms with E-state index in [0.29, 0.717) is 13.0 Å². The van der Waals surface area contributed by atoms with Gasteiger partial charge in [0.15, 0.2) is 0 Å². The summed E-state index contributed by atoms with van der Waals surface area (Å²) in [5.74, 6) is 0.731. The number of sulfonamides is 1. The van der Waals surface area contributed by atoms with Gasteiger partial charge in [0, 0.05) is 18.5 Å². The molecule has 1 aliphatic carbocycles. The van der Waals surface area contributed by atoms with E-state index in [1.165, 1.54) is 4.31 Å². The third kappa shape index (κ3) is 2.85. The number of fused-ring (bicyclic) bond motifs is 1. The zero-order valence-corrected chi connectivity index (χ0v) is 12.9. The Morgan fingerprint density at radius 3 is 2.95 bits per heavy atom. The van der Waals surface area contributed by atoms with Gasteiger partial charge in [-0.2, -0.15) is 4.31 Å². The predicted molar refractivity (Wildman–Crippen MR) is 77.1 cm³/mol. The first-order valence-corrected chi connectivity index (χ1v) is 9.15. The van der Waals surface area contributed by atoms with Crippen molar-refractivity contribution in [2.75, 3.05) is 12.8 Å². The molecule has 2 unspecified atom stereocenters. The molecule has 0 saturated carbocycles. The van der Waals surface area contributed by atoms with Crippen LogP contribution < -0.4 is 5.32 Å². The van der Waals surface area contributed by atoms with Crippen LogP contribution in [0.4, 0.5) is 0 Å². The Bertz CT molecular complexity index is 637. The molecule has 7 heteroatoms. The van der Waals surface area contributed by atoms with E-state index in [-0.39, 0.29) is 11.9 Å². The highest BCUT2D eigenvalue weighted by atomic mass is 32.2. The van der Waals surface area contributed by atoms with Gasteiger partial charge < -0.3 is 9.73 Å². The average Bonchev–Trinajstić information content (AvgIpc) is 3.07. The van der Waals surface area contributed by atoms with E-state index in [2.05, 4.69) is 5.32 Å². The lowest BCUT2D eigenvalue weighted by molar-refractivity contribution is -0.125. The molecule has 2 atom stereocenters. The minimum absolute atomic E-state index is 0.0676. The van der Waals surface area contributed by atoms with Gasteiger partial charge in [-0.25, -0.2) is 8.42 Å². The van der Waals surface area contributed by atoms with Crippen molar-refractivity contribution < 1.29 is 17.6 Å². The fourth-order valence-corrected chi connectivity index (χ4v) is 4.43. The van der Waals surface area contributed by atoms with Crippen molar-refractivity contribution in [3.05, 3.63) is 23.7 Å². The van der Waals surface area contributed by atoms with E-state index < -0.39 is 16.1 Å². The molecule has 0 spiro atoms. The Hall–Kier alpha value is -1.34. The number of furan rings is 1. The van der Waals surface area contributed by atoms with Crippen molar-refractivity contribution in [2.24, 2.45) is 0 Å². The van der Waals surface area contributed by atoms with Crippen molar-refractivity contribution in [2.45, 2.75) is 44.2 Å². The second kappa shape index (κ2) is 5.46. The quantitative estimate of drug-likeness (QED) is 0.909. The molecule has 116 valence electrons. The van der Waals surface area contributed by atoms with Crippen LogP contribution >= 0.6 is 0 Å². The van der Waals surface area contributed by atoms with Gasteiger partial charge in [0.05, 0.1) is 18.6 Å². The number of hydrogen-bond acceptors (Lipinski definition) is 4. The molecule has 2 heterocycles. The highest BCUT2D eigenvalue weighted by molar-refractivity contribution is 7.88. The molecule has 0 bridgehead atoms. The van der Waals surface area contributed by atoms with Crippen molar-refractivity contribution in [3.8, 4) is 0 Å². The van der Waals surface area contributed by atoms with Crippen molar-refractivity contribution in [1.82, 2.24) is 9.62 Å². The van der Waals surface area contributed by atoms with Gasteiger partial charge in [0.2, 0.25) is 15.9 Å². The Balaban J connectivity index is 1.73. The highest BCUT2D eigenvalue weighted by Gasteiger charge is 2.37. The Morgan fingerprint density at radius 2 is 2.19 bits per heavy atom. The van der Waals surface area contributed by atoms with Crippen molar-refractivity contribution in [1.29, 1.82) is 0 Å². The molecule has 1 aromatic heterocycles. The van der Waals surface area contributed by atoms with Crippen molar-refractivity contribution >= 4 is 15.9 Å². The Labute approximate surface area is 124 Å². The lowest BCUT2D eigenvalue weighted by Gasteiger charge is -2.27. The number of nitrogens with zero attached hydrogens (tertiary/aromatic N) is 1. The van der Waals surface area contributed by atoms with Gasteiger partial charge in [-0.3, -0.25) is 4.79 Å². The predicted octanol–water partition coefficient (Wildman–Crippen LogP) is 1.20. The van der Waals surface area contributed by atoms with Crippen LogP contribution in [0, 0.1) is 0 Å². The monoisotopic (exact) mass is 312 g/mol. The molecule has 0 aromatic carbocycles. The second-order valence-electron chi connectivity index (χ2n) is 5.78. The maximum absolute atomic E-state index is 12.5. The van der Waals surface area contributed by atoms with E-state index in [9.17, 15) is 13.2 Å². The minimum atomic E-state index is -3.33. The van der Waals surface area contributed by atoms with Crippen LogP contribution in [0.5, 0.6) is 0 Å². The summed E-state index contributed by atoms with van der Waals surface area (Å²) in [7, 11) is -3.33. The summed E-state index contributed by atoms with van der Waals surface area (Å²) >= 11 is 0. The molecule has 6 nitrogen and oxygen atoms in total. The van der Waals surface area contributed by atoms with E-state index in [1.807, 2.05) is 6.07 Å². The maximum atomic E-state index is 12.5. The molecule has 1 N–H and O–H groups in total. The topological polar surface area (TPSA) is 79.6 Å². The van der Waals surface area contributed by atoms with Crippen LogP contribution in [0.3, 0.4) is 0 Å². The molecule has 0 radical (unpaired) electrons. The smallest absolute Gasteiger partial charge is 0.238 e. The van der Waals surface area contributed by atoms with E-state index in [1.54, 1.807) is 6.26 Å². The zero-order chi connectivity index (χ0) is 15.0. The zero-order valence-electron chi connectivity index (χ0n) is 12.0. The van der Waals surface area contributed by atoms with Gasteiger partial charge in [0.1, 0.15) is 11.8 Å². The van der Waals surface area contributed by atoms with Crippen LogP contribution in [-0.2, 0) is 21.2 Å². The average molecular weight is 312 g/mol. The van der Waals surface area contributed by atoms with Gasteiger partial charge in [-0.05, 0) is 31.7 Å². The summed E-state index contributed by atoms with van der Waals surface area (Å²) in [6, 6.07) is 1.25. The van der Waals surface area contributed by atoms with Gasteiger partial charge in [-0.1, -0.05) is 0 Å². The molecule has 1 aliphatic heterocycles. The number of aryl methyl sites for hydroxylation is 1. The molecule has 1 saturated heterocycles. The summed E-state index contributed by atoms with van der Waals surface area (Å²) in [4.78, 5) is 12.5. The van der Waals surface area contributed by atoms with Crippen molar-refractivity contribution in [3.63, 3.8) is 0 Å². The van der Waals surface area contributed by atoms with E-state index in [0.717, 1.165) is 43.3 Å². The van der Waals surface area contributed by atoms with Gasteiger partial charge in [0.25, 0.3) is 0 Å². The van der Waals surface area contributed by atoms with Crippen LogP contribution in [0.2, 0.25) is 0 Å². The summed E-state index contributed by atoms with van der Waals surface area (Å²) < 4.78 is 30.2. The number of nitrogens with one attached hydrogen (secondary N) is 1. The third-order valence-corrected chi connectivity index (χ3v) is 5.59. The molecule has 1 fully saturated rings. The summed E-state index contributed by atoms with van der Waals surface area (Å²) in [6.07, 6.45) is 6.85. The number of amides is 1. The highest BCUT2D eigenvalue weighted by Crippen LogP contribution is 2.31. The number of carbonyl (C=O) groups is 1. The second-order valence-corrected chi connectivity index (χ2v) is 7.72. The maximum Gasteiger partial charge on any atom is 0.238 e. The molecular weight excluding hydrogens is 292 g/mol. The van der Waals surface area contributed by atoms with E-state index >= 15 is 0 Å². The van der Waals surface area contributed by atoms with Crippen LogP contribution in [-0.4, -0.2) is 37.5 Å². The first-order valence-electron chi connectivity index (χ1n) is 7.30. The third-order valence-electron chi connectivity index (χ3n) is 4.30. The Kier molecular flexibility index (Phi) is 3.79. The first-order chi connectivity index (χ1) is 9.97. The molecule has 1 amide bonds. The normalized spacial score (nSPS) is 26.5. The molecule has 2 aliphatic rings. The summed E-state index contributed by atoms with van der Waals surface area (Å²) in [5, 5.41) is 3.00. The number of carbonyl (C=O) groups excluding carboxylic acids is 1. The van der Waals surface area contributed by atoms with E-state index in [4.69, 9.17) is 4.42 Å². The summed E-state index contributed by atoms with van der Waals surface area (Å²) in [5.41, 5.74) is 1.03. The fraction of sp³-hybridized carbons (Fsp3) is 0.643. The lowest BCUT2D eigenvalue weighted by atomic mass is 9.93. The first kappa shape index (κ1) is 14.6. The summed E-state index contributed by atoms with van der Waals surface area (Å²) in [6.45, 7) is 0.429. The SMILES string of the molecule is CS(=O)(=O)N1CCCC1C(=O)NC1CCCc2occc21. The largest absolute Gasteiger partial charge is 0.469 e. The number of rotatable bonds is 3. The molecule has 21 heavy (non-hydrogen) atoms. The number of hydrogen-bond donors (Lipinski definition) is 1. The fourth-order valence-electron chi connectivity index (χ4n) is 3.30.